The second-order valence-electron chi connectivity index (χ2n) is 9.79. The van der Waals surface area contributed by atoms with Crippen LogP contribution in [0, 0.1) is 0 Å². The molecule has 0 unspecified atom stereocenters. The van der Waals surface area contributed by atoms with Gasteiger partial charge in [-0.15, -0.1) is 10.2 Å². The lowest BCUT2D eigenvalue weighted by Crippen LogP contribution is -2.58. The zero-order chi connectivity index (χ0) is 22.7. The third-order valence-corrected chi connectivity index (χ3v) is 7.13. The van der Waals surface area contributed by atoms with E-state index in [-0.39, 0.29) is 28.5 Å². The van der Waals surface area contributed by atoms with E-state index >= 15 is 0 Å². The summed E-state index contributed by atoms with van der Waals surface area (Å²) in [6.07, 6.45) is 4.56. The standard InChI is InChI=1S/C24H29N5O3/c1-23-7-8-24(2,28-23)13-15(12-23)29(4)21-6-5-17(26-27-21)16-11-19-14(9-18(16)30)10-20(32-19)22(31)25-3/h5-6,9-11,15,28,30H,7-8,12-13H2,1-4H3,(H,25,31)/t15-,23+,24-. The molecule has 1 aromatic carbocycles. The Hall–Kier alpha value is -3.13. The lowest BCUT2D eigenvalue weighted by molar-refractivity contribution is 0.0938. The number of amides is 1. The summed E-state index contributed by atoms with van der Waals surface area (Å²) < 4.78 is 5.64. The molecule has 3 aromatic rings. The predicted molar refractivity (Wildman–Crippen MR) is 123 cm³/mol. The molecule has 0 saturated carbocycles. The Morgan fingerprint density at radius 2 is 1.91 bits per heavy atom. The predicted octanol–water partition coefficient (Wildman–Crippen LogP) is 3.45. The first kappa shape index (κ1) is 20.8. The van der Waals surface area contributed by atoms with Crippen LogP contribution in [-0.2, 0) is 0 Å². The average molecular weight is 436 g/mol. The summed E-state index contributed by atoms with van der Waals surface area (Å²) in [5.41, 5.74) is 1.92. The van der Waals surface area contributed by atoms with Crippen LogP contribution in [0.25, 0.3) is 22.2 Å². The topological polar surface area (TPSA) is 104 Å². The number of nitrogens with one attached hydrogen (secondary N) is 2. The summed E-state index contributed by atoms with van der Waals surface area (Å²) in [6.45, 7) is 4.63. The lowest BCUT2D eigenvalue weighted by Gasteiger charge is -2.45. The van der Waals surface area contributed by atoms with Gasteiger partial charge in [0.05, 0.1) is 5.69 Å². The number of carbonyl (C=O) groups is 1. The van der Waals surface area contributed by atoms with Crippen molar-refractivity contribution in [2.75, 3.05) is 19.0 Å². The molecule has 2 fully saturated rings. The largest absolute Gasteiger partial charge is 0.507 e. The van der Waals surface area contributed by atoms with Crippen molar-refractivity contribution in [2.24, 2.45) is 0 Å². The van der Waals surface area contributed by atoms with Crippen LogP contribution in [0.4, 0.5) is 5.82 Å². The van der Waals surface area contributed by atoms with Gasteiger partial charge in [-0.05, 0) is 69.9 Å². The molecule has 8 nitrogen and oxygen atoms in total. The van der Waals surface area contributed by atoms with Gasteiger partial charge in [0.25, 0.3) is 5.91 Å². The Labute approximate surface area is 187 Å². The smallest absolute Gasteiger partial charge is 0.286 e. The molecule has 0 spiro atoms. The fourth-order valence-corrected chi connectivity index (χ4v) is 5.46. The minimum absolute atomic E-state index is 0.0629. The molecule has 0 radical (unpaired) electrons. The molecule has 2 saturated heterocycles. The molecule has 168 valence electrons. The van der Waals surface area contributed by atoms with Gasteiger partial charge < -0.3 is 25.1 Å². The van der Waals surface area contributed by atoms with Crippen molar-refractivity contribution >= 4 is 22.7 Å². The number of nitrogens with zero attached hydrogens (tertiary/aromatic N) is 3. The van der Waals surface area contributed by atoms with E-state index in [1.165, 1.54) is 12.8 Å². The zero-order valence-corrected chi connectivity index (χ0v) is 18.9. The van der Waals surface area contributed by atoms with Crippen molar-refractivity contribution in [1.82, 2.24) is 20.8 Å². The normalized spacial score (nSPS) is 26.9. The minimum Gasteiger partial charge on any atom is -0.507 e. The van der Waals surface area contributed by atoms with Crippen molar-refractivity contribution in [2.45, 2.75) is 56.7 Å². The van der Waals surface area contributed by atoms with E-state index in [4.69, 9.17) is 4.42 Å². The number of furan rings is 1. The number of piperidine rings is 1. The van der Waals surface area contributed by atoms with Crippen molar-refractivity contribution < 1.29 is 14.3 Å². The van der Waals surface area contributed by atoms with Gasteiger partial charge in [-0.3, -0.25) is 4.79 Å². The maximum Gasteiger partial charge on any atom is 0.286 e. The highest BCUT2D eigenvalue weighted by molar-refractivity contribution is 5.97. The van der Waals surface area contributed by atoms with Gasteiger partial charge >= 0.3 is 0 Å². The van der Waals surface area contributed by atoms with Crippen LogP contribution in [0.5, 0.6) is 5.75 Å². The Bertz CT molecular complexity index is 1170. The third kappa shape index (κ3) is 3.48. The van der Waals surface area contributed by atoms with Crippen LogP contribution in [0.3, 0.4) is 0 Å². The second kappa shape index (κ2) is 7.20. The van der Waals surface area contributed by atoms with Crippen LogP contribution >= 0.6 is 0 Å². The van der Waals surface area contributed by atoms with Gasteiger partial charge in [0, 0.05) is 42.2 Å². The summed E-state index contributed by atoms with van der Waals surface area (Å²) in [5, 5.41) is 26.4. The third-order valence-electron chi connectivity index (χ3n) is 7.13. The van der Waals surface area contributed by atoms with Crippen LogP contribution in [0.15, 0.2) is 34.7 Å². The van der Waals surface area contributed by atoms with E-state index in [2.05, 4.69) is 46.6 Å². The highest BCUT2D eigenvalue weighted by atomic mass is 16.3. The fourth-order valence-electron chi connectivity index (χ4n) is 5.46. The van der Waals surface area contributed by atoms with Gasteiger partial charge in [0.2, 0.25) is 0 Å². The van der Waals surface area contributed by atoms with Crippen molar-refractivity contribution in [3.63, 3.8) is 0 Å². The van der Waals surface area contributed by atoms with Gasteiger partial charge in [0.15, 0.2) is 11.6 Å². The number of hydrogen-bond acceptors (Lipinski definition) is 7. The van der Waals surface area contributed by atoms with Crippen LogP contribution in [-0.4, -0.2) is 52.4 Å². The SMILES string of the molecule is CNC(=O)c1cc2cc(O)c(-c3ccc(N(C)[C@@H]4C[C@]5(C)CC[C@](C)(C4)N5)nn3)cc2o1. The highest BCUT2D eigenvalue weighted by Gasteiger charge is 2.49. The van der Waals surface area contributed by atoms with Crippen molar-refractivity contribution in [3.05, 3.63) is 36.1 Å². The molecule has 2 aliphatic rings. The number of aromatic hydroxyl groups is 1. The van der Waals surface area contributed by atoms with Gasteiger partial charge in [-0.25, -0.2) is 0 Å². The number of phenolic OH excluding ortho intramolecular Hbond substituents is 1. The van der Waals surface area contributed by atoms with Gasteiger partial charge in [-0.2, -0.15) is 0 Å². The molecule has 32 heavy (non-hydrogen) atoms. The van der Waals surface area contributed by atoms with E-state index in [1.807, 2.05) is 12.1 Å². The number of hydrogen-bond donors (Lipinski definition) is 3. The molecular weight excluding hydrogens is 406 g/mol. The molecule has 5 rings (SSSR count). The summed E-state index contributed by atoms with van der Waals surface area (Å²) in [4.78, 5) is 14.1. The Morgan fingerprint density at radius 3 is 2.53 bits per heavy atom. The number of aromatic nitrogens is 2. The molecule has 8 heteroatoms. The molecule has 1 amide bonds. The molecule has 4 heterocycles. The second-order valence-corrected chi connectivity index (χ2v) is 9.79. The number of phenols is 1. The Kier molecular flexibility index (Phi) is 4.67. The first-order chi connectivity index (χ1) is 15.2. The van der Waals surface area contributed by atoms with Crippen LogP contribution < -0.4 is 15.5 Å². The van der Waals surface area contributed by atoms with Crippen molar-refractivity contribution in [3.8, 4) is 17.0 Å². The lowest BCUT2D eigenvalue weighted by atomic mass is 9.84. The van der Waals surface area contributed by atoms with E-state index in [9.17, 15) is 9.90 Å². The number of benzene rings is 1. The molecule has 3 atom stereocenters. The van der Waals surface area contributed by atoms with E-state index in [0.717, 1.165) is 18.7 Å². The summed E-state index contributed by atoms with van der Waals surface area (Å²) in [5.74, 6) is 0.754. The monoisotopic (exact) mass is 435 g/mol. The molecule has 2 bridgehead atoms. The number of carbonyl (C=O) groups excluding carboxylic acids is 1. The minimum atomic E-state index is -0.316. The Balaban J connectivity index is 1.40. The first-order valence-electron chi connectivity index (χ1n) is 11.0. The van der Waals surface area contributed by atoms with Gasteiger partial charge in [0.1, 0.15) is 11.3 Å². The maximum absolute atomic E-state index is 11.8. The van der Waals surface area contributed by atoms with E-state index in [0.29, 0.717) is 28.3 Å². The van der Waals surface area contributed by atoms with Crippen molar-refractivity contribution in [1.29, 1.82) is 0 Å². The van der Waals surface area contributed by atoms with E-state index < -0.39 is 0 Å². The highest BCUT2D eigenvalue weighted by Crippen LogP contribution is 2.44. The Morgan fingerprint density at radius 1 is 1.19 bits per heavy atom. The average Bonchev–Trinajstić information content (AvgIpc) is 3.28. The van der Waals surface area contributed by atoms with Crippen LogP contribution in [0.1, 0.15) is 50.1 Å². The molecular formula is C24H29N5O3. The first-order valence-corrected chi connectivity index (χ1v) is 11.0. The molecule has 3 N–H and O–H groups in total. The number of anilines is 1. The number of rotatable bonds is 4. The van der Waals surface area contributed by atoms with Crippen LogP contribution in [0.2, 0.25) is 0 Å². The van der Waals surface area contributed by atoms with Gasteiger partial charge in [-0.1, -0.05) is 0 Å². The molecule has 2 aliphatic heterocycles. The maximum atomic E-state index is 11.8. The summed E-state index contributed by atoms with van der Waals surface area (Å²) in [7, 11) is 3.63. The fraction of sp³-hybridized carbons (Fsp3) is 0.458. The number of fused-ring (bicyclic) bond motifs is 3. The zero-order valence-electron chi connectivity index (χ0n) is 18.9. The molecule has 2 aromatic heterocycles. The summed E-state index contributed by atoms with van der Waals surface area (Å²) >= 11 is 0. The summed E-state index contributed by atoms with van der Waals surface area (Å²) in [6, 6.07) is 9.07. The van der Waals surface area contributed by atoms with E-state index in [1.54, 1.807) is 25.2 Å². The quantitative estimate of drug-likeness (QED) is 0.577. The molecule has 0 aliphatic carbocycles.